The van der Waals surface area contributed by atoms with Crippen LogP contribution in [-0.2, 0) is 9.53 Å². The lowest BCUT2D eigenvalue weighted by Crippen LogP contribution is -2.44. The van der Waals surface area contributed by atoms with Crippen molar-refractivity contribution in [3.8, 4) is 11.5 Å². The third kappa shape index (κ3) is 5.49. The van der Waals surface area contributed by atoms with Crippen molar-refractivity contribution in [2.24, 2.45) is 5.92 Å². The number of carbonyl (C=O) groups is 1. The van der Waals surface area contributed by atoms with Crippen molar-refractivity contribution in [1.29, 1.82) is 0 Å². The van der Waals surface area contributed by atoms with Gasteiger partial charge in [0.25, 0.3) is 0 Å². The van der Waals surface area contributed by atoms with E-state index in [0.717, 1.165) is 24.3 Å². The maximum absolute atomic E-state index is 12.7. The highest BCUT2D eigenvalue weighted by molar-refractivity contribution is 5.92. The smallest absolute Gasteiger partial charge is 0.247 e. The highest BCUT2D eigenvalue weighted by atomic mass is 16.5. The van der Waals surface area contributed by atoms with Gasteiger partial charge in [0.05, 0.1) is 26.4 Å². The zero-order chi connectivity index (χ0) is 19.1. The zero-order valence-electron chi connectivity index (χ0n) is 16.5. The Morgan fingerprint density at radius 3 is 2.65 bits per heavy atom. The number of nitrogens with zero attached hydrogens (tertiary/aromatic N) is 1. The van der Waals surface area contributed by atoms with E-state index >= 15 is 0 Å². The molecule has 5 heteroatoms. The van der Waals surface area contributed by atoms with E-state index in [1.807, 2.05) is 43.0 Å². The molecule has 1 aliphatic rings. The lowest BCUT2D eigenvalue weighted by Gasteiger charge is -2.30. The molecule has 144 valence electrons. The zero-order valence-corrected chi connectivity index (χ0v) is 16.5. The molecule has 0 saturated carbocycles. The molecule has 0 spiro atoms. The van der Waals surface area contributed by atoms with Crippen LogP contribution in [0.5, 0.6) is 11.5 Å². The summed E-state index contributed by atoms with van der Waals surface area (Å²) in [5, 5.41) is 0. The minimum Gasteiger partial charge on any atom is -0.493 e. The summed E-state index contributed by atoms with van der Waals surface area (Å²) in [5.74, 6) is 1.84. The quantitative estimate of drug-likeness (QED) is 0.661. The molecule has 0 N–H and O–H groups in total. The molecule has 0 aliphatic carbocycles. The molecule has 1 amide bonds. The molecule has 2 rings (SSSR count). The molecule has 1 aliphatic heterocycles. The van der Waals surface area contributed by atoms with Crippen LogP contribution in [0.2, 0.25) is 0 Å². The summed E-state index contributed by atoms with van der Waals surface area (Å²) in [6.45, 7) is 10.3. The molecule has 1 fully saturated rings. The van der Waals surface area contributed by atoms with E-state index < -0.39 is 0 Å². The Bertz CT molecular complexity index is 618. The van der Waals surface area contributed by atoms with E-state index in [-0.39, 0.29) is 18.0 Å². The molecule has 0 aromatic heterocycles. The number of ether oxygens (including phenoxy) is 3. The first kappa shape index (κ1) is 20.3. The largest absolute Gasteiger partial charge is 0.493 e. The normalized spacial score (nSPS) is 17.3. The summed E-state index contributed by atoms with van der Waals surface area (Å²) in [6.07, 6.45) is 4.34. The van der Waals surface area contributed by atoms with Gasteiger partial charge in [0.1, 0.15) is 0 Å². The van der Waals surface area contributed by atoms with E-state index in [0.29, 0.717) is 24.9 Å². The molecule has 1 heterocycles. The van der Waals surface area contributed by atoms with Gasteiger partial charge in [0.15, 0.2) is 11.5 Å². The van der Waals surface area contributed by atoms with Crippen molar-refractivity contribution < 1.29 is 19.0 Å². The van der Waals surface area contributed by atoms with Crippen LogP contribution < -0.4 is 9.47 Å². The lowest BCUT2D eigenvalue weighted by molar-refractivity contribution is -0.130. The molecule has 0 bridgehead atoms. The number of benzene rings is 1. The minimum absolute atomic E-state index is 0.00889. The van der Waals surface area contributed by atoms with Crippen LogP contribution >= 0.6 is 0 Å². The van der Waals surface area contributed by atoms with Crippen LogP contribution in [-0.4, -0.2) is 49.8 Å². The second-order valence-corrected chi connectivity index (χ2v) is 7.31. The van der Waals surface area contributed by atoms with E-state index in [9.17, 15) is 4.79 Å². The monoisotopic (exact) mass is 361 g/mol. The lowest BCUT2D eigenvalue weighted by atomic mass is 10.1. The number of amides is 1. The second-order valence-electron chi connectivity index (χ2n) is 7.31. The van der Waals surface area contributed by atoms with Gasteiger partial charge in [-0.25, -0.2) is 0 Å². The fraction of sp³-hybridized carbons (Fsp3) is 0.571. The number of methoxy groups -OCH3 is 1. The van der Waals surface area contributed by atoms with Crippen LogP contribution in [0, 0.1) is 5.92 Å². The molecular weight excluding hydrogens is 330 g/mol. The fourth-order valence-electron chi connectivity index (χ4n) is 3.01. The molecular formula is C21H31NO4. The first-order chi connectivity index (χ1) is 12.4. The Labute approximate surface area is 156 Å². The van der Waals surface area contributed by atoms with Crippen LogP contribution in [0.15, 0.2) is 24.3 Å². The van der Waals surface area contributed by atoms with Crippen molar-refractivity contribution in [1.82, 2.24) is 4.90 Å². The van der Waals surface area contributed by atoms with Crippen molar-refractivity contribution >= 4 is 12.0 Å². The average Bonchev–Trinajstić information content (AvgIpc) is 3.12. The van der Waals surface area contributed by atoms with Crippen molar-refractivity contribution in [2.75, 3.05) is 26.9 Å². The highest BCUT2D eigenvalue weighted by Gasteiger charge is 2.28. The second kappa shape index (κ2) is 9.62. The van der Waals surface area contributed by atoms with Crippen LogP contribution in [0.1, 0.15) is 39.7 Å². The summed E-state index contributed by atoms with van der Waals surface area (Å²) in [4.78, 5) is 14.6. The predicted octanol–water partition coefficient (Wildman–Crippen LogP) is 3.77. The molecule has 1 saturated heterocycles. The predicted molar refractivity (Wildman–Crippen MR) is 104 cm³/mol. The van der Waals surface area contributed by atoms with Gasteiger partial charge in [-0.05, 0) is 50.0 Å². The van der Waals surface area contributed by atoms with Crippen molar-refractivity contribution in [3.63, 3.8) is 0 Å². The summed E-state index contributed by atoms with van der Waals surface area (Å²) in [7, 11) is 1.62. The first-order valence-corrected chi connectivity index (χ1v) is 9.31. The standard InChI is InChI=1S/C21H31NO4/c1-15(2)13-26-19-8-6-17(12-20(19)24-5)7-9-21(23)22(16(3)4)18-10-11-25-14-18/h6-9,12,15-16,18H,10-11,13-14H2,1-5H3/b9-7+. The maximum atomic E-state index is 12.7. The van der Waals surface area contributed by atoms with E-state index in [2.05, 4.69) is 13.8 Å². The van der Waals surface area contributed by atoms with Gasteiger partial charge < -0.3 is 19.1 Å². The maximum Gasteiger partial charge on any atom is 0.247 e. The molecule has 1 aromatic carbocycles. The Hall–Kier alpha value is -2.01. The topological polar surface area (TPSA) is 48.0 Å². The summed E-state index contributed by atoms with van der Waals surface area (Å²) >= 11 is 0. The van der Waals surface area contributed by atoms with Gasteiger partial charge in [0, 0.05) is 18.7 Å². The van der Waals surface area contributed by atoms with Gasteiger partial charge in [-0.15, -0.1) is 0 Å². The summed E-state index contributed by atoms with van der Waals surface area (Å²) in [5.41, 5.74) is 0.901. The number of hydrogen-bond acceptors (Lipinski definition) is 4. The van der Waals surface area contributed by atoms with Gasteiger partial charge in [0.2, 0.25) is 5.91 Å². The SMILES string of the molecule is COc1cc(/C=C/C(=O)N(C(C)C)C2CCOC2)ccc1OCC(C)C. The molecule has 1 atom stereocenters. The van der Waals surface area contributed by atoms with Crippen molar-refractivity contribution in [3.05, 3.63) is 29.8 Å². The number of rotatable bonds is 8. The molecule has 0 radical (unpaired) electrons. The third-order valence-corrected chi connectivity index (χ3v) is 4.29. The number of carbonyl (C=O) groups excluding carboxylic acids is 1. The van der Waals surface area contributed by atoms with Crippen LogP contribution in [0.3, 0.4) is 0 Å². The Balaban J connectivity index is 2.09. The average molecular weight is 361 g/mol. The van der Waals surface area contributed by atoms with Gasteiger partial charge in [-0.1, -0.05) is 19.9 Å². The van der Waals surface area contributed by atoms with E-state index in [1.54, 1.807) is 13.2 Å². The highest BCUT2D eigenvalue weighted by Crippen LogP contribution is 2.29. The van der Waals surface area contributed by atoms with E-state index in [1.165, 1.54) is 0 Å². The van der Waals surface area contributed by atoms with Gasteiger partial charge >= 0.3 is 0 Å². The molecule has 26 heavy (non-hydrogen) atoms. The van der Waals surface area contributed by atoms with Gasteiger partial charge in [-0.3, -0.25) is 4.79 Å². The molecule has 1 unspecified atom stereocenters. The van der Waals surface area contributed by atoms with Gasteiger partial charge in [-0.2, -0.15) is 0 Å². The third-order valence-electron chi connectivity index (χ3n) is 4.29. The van der Waals surface area contributed by atoms with Crippen LogP contribution in [0.4, 0.5) is 0 Å². The Morgan fingerprint density at radius 2 is 2.08 bits per heavy atom. The number of hydrogen-bond donors (Lipinski definition) is 0. The van der Waals surface area contributed by atoms with E-state index in [4.69, 9.17) is 14.2 Å². The van der Waals surface area contributed by atoms with Crippen molar-refractivity contribution in [2.45, 2.75) is 46.2 Å². The Kier molecular flexibility index (Phi) is 7.51. The molecule has 5 nitrogen and oxygen atoms in total. The van der Waals surface area contributed by atoms with Crippen LogP contribution in [0.25, 0.3) is 6.08 Å². The summed E-state index contributed by atoms with van der Waals surface area (Å²) < 4.78 is 16.6. The summed E-state index contributed by atoms with van der Waals surface area (Å²) in [6, 6.07) is 6.00. The first-order valence-electron chi connectivity index (χ1n) is 9.31. The minimum atomic E-state index is 0.00889. The Morgan fingerprint density at radius 1 is 1.31 bits per heavy atom. The molecule has 1 aromatic rings. The fourth-order valence-corrected chi connectivity index (χ4v) is 3.01.